The van der Waals surface area contributed by atoms with Gasteiger partial charge in [0.2, 0.25) is 5.91 Å². The predicted octanol–water partition coefficient (Wildman–Crippen LogP) is 1.65. The molecule has 0 aromatic heterocycles. The summed E-state index contributed by atoms with van der Waals surface area (Å²) >= 11 is 0. The Hall–Kier alpha value is -1.84. The number of carbonyl (C=O) groups is 2. The van der Waals surface area contributed by atoms with Gasteiger partial charge in [-0.15, -0.1) is 0 Å². The van der Waals surface area contributed by atoms with Gasteiger partial charge < -0.3 is 10.0 Å². The molecule has 0 spiro atoms. The van der Waals surface area contributed by atoms with Crippen LogP contribution in [0.25, 0.3) is 0 Å². The van der Waals surface area contributed by atoms with Crippen molar-refractivity contribution < 1.29 is 14.7 Å². The predicted molar refractivity (Wildman–Crippen MR) is 69.8 cm³/mol. The molecule has 1 aromatic rings. The highest BCUT2D eigenvalue weighted by atomic mass is 16.4. The van der Waals surface area contributed by atoms with E-state index in [1.54, 1.807) is 11.8 Å². The maximum absolute atomic E-state index is 12.4. The van der Waals surface area contributed by atoms with E-state index < -0.39 is 11.4 Å². The summed E-state index contributed by atoms with van der Waals surface area (Å²) in [5.41, 5.74) is 1.57. The summed E-state index contributed by atoms with van der Waals surface area (Å²) in [5.74, 6) is -0.784. The SMILES string of the molecule is CC1(C(=O)O)CCN(C(=O)C2Cc3ccccc32)C1. The zero-order valence-electron chi connectivity index (χ0n) is 10.9. The molecule has 19 heavy (non-hydrogen) atoms. The monoisotopic (exact) mass is 259 g/mol. The molecule has 100 valence electrons. The Morgan fingerprint density at radius 3 is 2.74 bits per heavy atom. The van der Waals surface area contributed by atoms with Crippen LogP contribution in [0.3, 0.4) is 0 Å². The van der Waals surface area contributed by atoms with Crippen LogP contribution in [0.5, 0.6) is 0 Å². The second kappa shape index (κ2) is 4.08. The lowest BCUT2D eigenvalue weighted by atomic mass is 9.77. The number of nitrogens with zero attached hydrogens (tertiary/aromatic N) is 1. The van der Waals surface area contributed by atoms with Crippen molar-refractivity contribution in [2.24, 2.45) is 5.41 Å². The Morgan fingerprint density at radius 2 is 2.11 bits per heavy atom. The first-order valence-electron chi connectivity index (χ1n) is 6.61. The quantitative estimate of drug-likeness (QED) is 0.878. The summed E-state index contributed by atoms with van der Waals surface area (Å²) in [6, 6.07) is 7.97. The van der Waals surface area contributed by atoms with Crippen molar-refractivity contribution in [1.29, 1.82) is 0 Å². The van der Waals surface area contributed by atoms with Gasteiger partial charge in [-0.25, -0.2) is 0 Å². The molecule has 0 bridgehead atoms. The minimum absolute atomic E-state index is 0.0626. The topological polar surface area (TPSA) is 57.6 Å². The van der Waals surface area contributed by atoms with Crippen LogP contribution in [0.2, 0.25) is 0 Å². The number of amides is 1. The van der Waals surface area contributed by atoms with Crippen LogP contribution in [0.4, 0.5) is 0 Å². The van der Waals surface area contributed by atoms with Gasteiger partial charge in [0.05, 0.1) is 11.3 Å². The molecule has 2 aliphatic rings. The number of carbonyl (C=O) groups excluding carboxylic acids is 1. The molecule has 1 aliphatic carbocycles. The van der Waals surface area contributed by atoms with Crippen LogP contribution < -0.4 is 0 Å². The van der Waals surface area contributed by atoms with Crippen LogP contribution in [0, 0.1) is 5.41 Å². The molecule has 1 aliphatic heterocycles. The molecule has 1 N–H and O–H groups in total. The molecule has 0 saturated carbocycles. The van der Waals surface area contributed by atoms with E-state index >= 15 is 0 Å². The largest absolute Gasteiger partial charge is 0.481 e. The third-order valence-electron chi connectivity index (χ3n) is 4.45. The van der Waals surface area contributed by atoms with Crippen molar-refractivity contribution in [3.8, 4) is 0 Å². The van der Waals surface area contributed by atoms with E-state index in [1.807, 2.05) is 24.3 Å². The number of hydrogen-bond acceptors (Lipinski definition) is 2. The molecule has 2 unspecified atom stereocenters. The van der Waals surface area contributed by atoms with Crippen LogP contribution >= 0.6 is 0 Å². The summed E-state index contributed by atoms with van der Waals surface area (Å²) in [6.45, 7) is 2.61. The highest BCUT2D eigenvalue weighted by Crippen LogP contribution is 2.39. The summed E-state index contributed by atoms with van der Waals surface area (Å²) in [7, 11) is 0. The highest BCUT2D eigenvalue weighted by molar-refractivity contribution is 5.88. The van der Waals surface area contributed by atoms with Gasteiger partial charge in [-0.2, -0.15) is 0 Å². The maximum Gasteiger partial charge on any atom is 0.311 e. The van der Waals surface area contributed by atoms with E-state index in [9.17, 15) is 14.7 Å². The first kappa shape index (κ1) is 12.2. The van der Waals surface area contributed by atoms with Gasteiger partial charge in [0.1, 0.15) is 0 Å². The zero-order valence-corrected chi connectivity index (χ0v) is 10.9. The van der Waals surface area contributed by atoms with Crippen molar-refractivity contribution >= 4 is 11.9 Å². The van der Waals surface area contributed by atoms with E-state index in [-0.39, 0.29) is 11.8 Å². The second-order valence-corrected chi connectivity index (χ2v) is 5.83. The van der Waals surface area contributed by atoms with Gasteiger partial charge in [0.25, 0.3) is 0 Å². The number of hydrogen-bond donors (Lipinski definition) is 1. The second-order valence-electron chi connectivity index (χ2n) is 5.83. The first-order chi connectivity index (χ1) is 9.01. The van der Waals surface area contributed by atoms with Crippen molar-refractivity contribution in [3.05, 3.63) is 35.4 Å². The lowest BCUT2D eigenvalue weighted by molar-refractivity contribution is -0.147. The molecule has 0 radical (unpaired) electrons. The van der Waals surface area contributed by atoms with Crippen LogP contribution in [0.1, 0.15) is 30.4 Å². The van der Waals surface area contributed by atoms with Crippen molar-refractivity contribution in [1.82, 2.24) is 4.90 Å². The third-order valence-corrected chi connectivity index (χ3v) is 4.45. The molecule has 1 amide bonds. The lowest BCUT2D eigenvalue weighted by Crippen LogP contribution is -2.40. The first-order valence-corrected chi connectivity index (χ1v) is 6.61. The lowest BCUT2D eigenvalue weighted by Gasteiger charge is -2.32. The fourth-order valence-electron chi connectivity index (χ4n) is 3.02. The van der Waals surface area contributed by atoms with Crippen LogP contribution in [-0.2, 0) is 16.0 Å². The van der Waals surface area contributed by atoms with E-state index in [2.05, 4.69) is 0 Å². The van der Waals surface area contributed by atoms with E-state index in [4.69, 9.17) is 0 Å². The molecule has 1 heterocycles. The molecule has 3 rings (SSSR count). The normalized spacial score (nSPS) is 28.7. The smallest absolute Gasteiger partial charge is 0.311 e. The number of likely N-dealkylation sites (tertiary alicyclic amines) is 1. The van der Waals surface area contributed by atoms with Crippen molar-refractivity contribution in [2.75, 3.05) is 13.1 Å². The number of carboxylic acids is 1. The molecule has 4 nitrogen and oxygen atoms in total. The molecule has 4 heteroatoms. The van der Waals surface area contributed by atoms with Crippen molar-refractivity contribution in [2.45, 2.75) is 25.7 Å². The summed E-state index contributed by atoms with van der Waals surface area (Å²) in [5, 5.41) is 9.20. The maximum atomic E-state index is 12.4. The fourth-order valence-corrected chi connectivity index (χ4v) is 3.02. The summed E-state index contributed by atoms with van der Waals surface area (Å²) in [4.78, 5) is 25.4. The van der Waals surface area contributed by atoms with Gasteiger partial charge >= 0.3 is 5.97 Å². The Morgan fingerprint density at radius 1 is 1.37 bits per heavy atom. The van der Waals surface area contributed by atoms with Crippen LogP contribution in [0.15, 0.2) is 24.3 Å². The van der Waals surface area contributed by atoms with Crippen molar-refractivity contribution in [3.63, 3.8) is 0 Å². The van der Waals surface area contributed by atoms with E-state index in [1.165, 1.54) is 5.56 Å². The van der Waals surface area contributed by atoms with Gasteiger partial charge in [0, 0.05) is 13.1 Å². The molecular weight excluding hydrogens is 242 g/mol. The number of rotatable bonds is 2. The van der Waals surface area contributed by atoms with E-state index in [0.29, 0.717) is 19.5 Å². The fraction of sp³-hybridized carbons (Fsp3) is 0.467. The third kappa shape index (κ3) is 1.82. The Balaban J connectivity index is 1.73. The highest BCUT2D eigenvalue weighted by Gasteiger charge is 2.45. The Bertz CT molecular complexity index is 554. The van der Waals surface area contributed by atoms with Gasteiger partial charge in [-0.1, -0.05) is 24.3 Å². The molecular formula is C15H17NO3. The minimum Gasteiger partial charge on any atom is -0.481 e. The Labute approximate surface area is 112 Å². The molecule has 1 aromatic carbocycles. The van der Waals surface area contributed by atoms with E-state index in [0.717, 1.165) is 12.0 Å². The average Bonchev–Trinajstić information content (AvgIpc) is 2.75. The molecule has 2 atom stereocenters. The number of fused-ring (bicyclic) bond motifs is 1. The van der Waals surface area contributed by atoms with Gasteiger partial charge in [0.15, 0.2) is 0 Å². The number of carboxylic acid groups (broad SMARTS) is 1. The zero-order chi connectivity index (χ0) is 13.6. The average molecular weight is 259 g/mol. The summed E-state index contributed by atoms with van der Waals surface area (Å²) < 4.78 is 0. The van der Waals surface area contributed by atoms with Crippen LogP contribution in [-0.4, -0.2) is 35.0 Å². The number of benzene rings is 1. The van der Waals surface area contributed by atoms with Gasteiger partial charge in [-0.05, 0) is 30.9 Å². The molecule has 1 fully saturated rings. The minimum atomic E-state index is -0.809. The molecule has 1 saturated heterocycles. The number of aliphatic carboxylic acids is 1. The summed E-state index contributed by atoms with van der Waals surface area (Å²) in [6.07, 6.45) is 1.33. The standard InChI is InChI=1S/C15H17NO3/c1-15(14(18)19)6-7-16(9-15)13(17)12-8-10-4-2-3-5-11(10)12/h2-5,12H,6-9H2,1H3,(H,18,19). The Kier molecular flexibility index (Phi) is 2.62. The van der Waals surface area contributed by atoms with Gasteiger partial charge in [-0.3, -0.25) is 9.59 Å².